The number of H-pyrrole nitrogens is 1. The van der Waals surface area contributed by atoms with Crippen LogP contribution in [0.5, 0.6) is 0 Å². The van der Waals surface area contributed by atoms with Gasteiger partial charge in [0.15, 0.2) is 5.58 Å². The van der Waals surface area contributed by atoms with E-state index >= 15 is 0 Å². The Morgan fingerprint density at radius 3 is 2.43 bits per heavy atom. The summed E-state index contributed by atoms with van der Waals surface area (Å²) in [5, 5.41) is 0. The Morgan fingerprint density at radius 2 is 1.70 bits per heavy atom. The molecule has 0 saturated carbocycles. The van der Waals surface area contributed by atoms with Crippen molar-refractivity contribution in [1.29, 1.82) is 0 Å². The normalized spacial score (nSPS) is 11.8. The first-order valence-corrected chi connectivity index (χ1v) is 8.48. The summed E-state index contributed by atoms with van der Waals surface area (Å²) in [6, 6.07) is 7.99. The molecule has 7 heteroatoms. The number of sulfonamides is 1. The maximum atomic E-state index is 12.6. The van der Waals surface area contributed by atoms with Crippen LogP contribution < -0.4 is 10.5 Å². The Balaban J connectivity index is 2.03. The first-order valence-electron chi connectivity index (χ1n) is 7.00. The molecule has 0 aliphatic heterocycles. The van der Waals surface area contributed by atoms with Crippen molar-refractivity contribution in [3.05, 3.63) is 57.6 Å². The van der Waals surface area contributed by atoms with E-state index in [2.05, 4.69) is 9.71 Å². The molecule has 3 rings (SSSR count). The zero-order valence-electron chi connectivity index (χ0n) is 12.9. The second kappa shape index (κ2) is 5.27. The van der Waals surface area contributed by atoms with Gasteiger partial charge in [0.25, 0.3) is 10.0 Å². The van der Waals surface area contributed by atoms with Gasteiger partial charge < -0.3 is 4.42 Å². The van der Waals surface area contributed by atoms with Gasteiger partial charge in [-0.3, -0.25) is 9.71 Å². The number of fused-ring (bicyclic) bond motifs is 1. The van der Waals surface area contributed by atoms with E-state index in [4.69, 9.17) is 4.42 Å². The second-order valence-electron chi connectivity index (χ2n) is 5.53. The average molecular weight is 332 g/mol. The summed E-state index contributed by atoms with van der Waals surface area (Å²) < 4.78 is 32.6. The number of rotatable bonds is 3. The smallest absolute Gasteiger partial charge is 0.408 e. The number of benzene rings is 2. The molecule has 1 aromatic heterocycles. The van der Waals surface area contributed by atoms with Crippen LogP contribution in [0, 0.1) is 20.8 Å². The van der Waals surface area contributed by atoms with Crippen LogP contribution in [-0.2, 0) is 10.0 Å². The van der Waals surface area contributed by atoms with Gasteiger partial charge in [-0.1, -0.05) is 6.07 Å². The Kier molecular flexibility index (Phi) is 3.52. The van der Waals surface area contributed by atoms with Crippen molar-refractivity contribution in [2.75, 3.05) is 4.72 Å². The molecule has 1 heterocycles. The van der Waals surface area contributed by atoms with Gasteiger partial charge >= 0.3 is 5.76 Å². The molecule has 23 heavy (non-hydrogen) atoms. The van der Waals surface area contributed by atoms with E-state index in [-0.39, 0.29) is 10.5 Å². The highest BCUT2D eigenvalue weighted by atomic mass is 32.2. The summed E-state index contributed by atoms with van der Waals surface area (Å²) in [5.41, 5.74) is 4.13. The van der Waals surface area contributed by atoms with E-state index in [0.717, 1.165) is 16.7 Å². The van der Waals surface area contributed by atoms with Crippen LogP contribution in [0.4, 0.5) is 5.69 Å². The SMILES string of the molecule is Cc1cc(C)c(NS(=O)(=O)c2ccc3[nH]c(=O)oc3c2)cc1C. The van der Waals surface area contributed by atoms with Crippen molar-refractivity contribution < 1.29 is 12.8 Å². The number of oxazole rings is 1. The molecule has 0 fully saturated rings. The van der Waals surface area contributed by atoms with E-state index in [0.29, 0.717) is 11.2 Å². The van der Waals surface area contributed by atoms with Crippen molar-refractivity contribution in [2.24, 2.45) is 0 Å². The predicted molar refractivity (Wildman–Crippen MR) is 88.3 cm³/mol. The maximum Gasteiger partial charge on any atom is 0.417 e. The molecular formula is C16H16N2O4S. The van der Waals surface area contributed by atoms with Crippen molar-refractivity contribution in [3.8, 4) is 0 Å². The zero-order valence-corrected chi connectivity index (χ0v) is 13.7. The third-order valence-corrected chi connectivity index (χ3v) is 5.15. The molecule has 120 valence electrons. The number of anilines is 1. The Bertz CT molecular complexity index is 1060. The van der Waals surface area contributed by atoms with Crippen molar-refractivity contribution in [3.63, 3.8) is 0 Å². The number of hydrogen-bond acceptors (Lipinski definition) is 4. The third-order valence-electron chi connectivity index (χ3n) is 3.79. The van der Waals surface area contributed by atoms with Gasteiger partial charge in [-0.15, -0.1) is 0 Å². The number of hydrogen-bond donors (Lipinski definition) is 2. The van der Waals surface area contributed by atoms with Crippen LogP contribution in [0.15, 0.2) is 44.4 Å². The number of aromatic amines is 1. The Labute approximate surface area is 133 Å². The quantitative estimate of drug-likeness (QED) is 0.771. The summed E-state index contributed by atoms with van der Waals surface area (Å²) in [5.74, 6) is -0.618. The molecule has 0 spiro atoms. The molecule has 3 aromatic rings. The van der Waals surface area contributed by atoms with E-state index in [1.165, 1.54) is 18.2 Å². The van der Waals surface area contributed by atoms with E-state index in [1.807, 2.05) is 26.8 Å². The minimum absolute atomic E-state index is 0.0328. The Morgan fingerprint density at radius 1 is 1.00 bits per heavy atom. The topological polar surface area (TPSA) is 92.2 Å². The van der Waals surface area contributed by atoms with Crippen molar-refractivity contribution >= 4 is 26.8 Å². The van der Waals surface area contributed by atoms with Crippen molar-refractivity contribution in [2.45, 2.75) is 25.7 Å². The lowest BCUT2D eigenvalue weighted by Crippen LogP contribution is -2.14. The third kappa shape index (κ3) is 2.87. The molecule has 2 aromatic carbocycles. The molecule has 2 N–H and O–H groups in total. The predicted octanol–water partition coefficient (Wildman–Crippen LogP) is 2.85. The van der Waals surface area contributed by atoms with Gasteiger partial charge in [0, 0.05) is 6.07 Å². The van der Waals surface area contributed by atoms with Crippen molar-refractivity contribution in [1.82, 2.24) is 4.98 Å². The highest BCUT2D eigenvalue weighted by Gasteiger charge is 2.17. The van der Waals surface area contributed by atoms with Crippen LogP contribution in [0.3, 0.4) is 0 Å². The van der Waals surface area contributed by atoms with Gasteiger partial charge in [-0.2, -0.15) is 0 Å². The highest BCUT2D eigenvalue weighted by Crippen LogP contribution is 2.24. The van der Waals surface area contributed by atoms with Crippen LogP contribution in [-0.4, -0.2) is 13.4 Å². The molecule has 0 aliphatic rings. The van der Waals surface area contributed by atoms with E-state index in [1.54, 1.807) is 6.07 Å². The molecule has 0 saturated heterocycles. The molecule has 0 unspecified atom stereocenters. The lowest BCUT2D eigenvalue weighted by atomic mass is 10.1. The summed E-state index contributed by atoms with van der Waals surface area (Å²) in [7, 11) is -3.77. The monoisotopic (exact) mass is 332 g/mol. The maximum absolute atomic E-state index is 12.6. The Hall–Kier alpha value is -2.54. The molecule has 0 radical (unpaired) electrons. The van der Waals surface area contributed by atoms with Crippen LogP contribution >= 0.6 is 0 Å². The van der Waals surface area contributed by atoms with E-state index in [9.17, 15) is 13.2 Å². The summed E-state index contributed by atoms with van der Waals surface area (Å²) in [4.78, 5) is 13.7. The van der Waals surface area contributed by atoms with Gasteiger partial charge in [0.1, 0.15) is 0 Å². The minimum Gasteiger partial charge on any atom is -0.408 e. The minimum atomic E-state index is -3.77. The lowest BCUT2D eigenvalue weighted by Gasteiger charge is -2.13. The standard InChI is InChI=1S/C16H16N2O4S/c1-9-6-11(3)14(7-10(9)2)18-23(20,21)12-4-5-13-15(8-12)22-16(19)17-13/h4-8,18H,1-3H3,(H,17,19). The fourth-order valence-electron chi connectivity index (χ4n) is 2.37. The highest BCUT2D eigenvalue weighted by molar-refractivity contribution is 7.92. The molecule has 0 atom stereocenters. The number of aryl methyl sites for hydroxylation is 3. The van der Waals surface area contributed by atoms with Gasteiger partial charge in [0.05, 0.1) is 16.1 Å². The van der Waals surface area contributed by atoms with Crippen LogP contribution in [0.2, 0.25) is 0 Å². The molecule has 0 amide bonds. The van der Waals surface area contributed by atoms with Gasteiger partial charge in [-0.25, -0.2) is 13.2 Å². The zero-order chi connectivity index (χ0) is 16.8. The summed E-state index contributed by atoms with van der Waals surface area (Å²) in [6.07, 6.45) is 0. The number of nitrogens with one attached hydrogen (secondary N) is 2. The molecule has 6 nitrogen and oxygen atoms in total. The molecule has 0 aliphatic carbocycles. The van der Waals surface area contributed by atoms with E-state index < -0.39 is 15.8 Å². The molecular weight excluding hydrogens is 316 g/mol. The average Bonchev–Trinajstić information content (AvgIpc) is 2.83. The second-order valence-corrected chi connectivity index (χ2v) is 7.21. The largest absolute Gasteiger partial charge is 0.417 e. The van der Waals surface area contributed by atoms with Gasteiger partial charge in [0.2, 0.25) is 0 Å². The first-order chi connectivity index (χ1) is 10.8. The lowest BCUT2D eigenvalue weighted by molar-refractivity contribution is 0.554. The molecule has 0 bridgehead atoms. The van der Waals surface area contributed by atoms with Crippen LogP contribution in [0.1, 0.15) is 16.7 Å². The fraction of sp³-hybridized carbons (Fsp3) is 0.188. The number of aromatic nitrogens is 1. The summed E-state index contributed by atoms with van der Waals surface area (Å²) >= 11 is 0. The van der Waals surface area contributed by atoms with Crippen LogP contribution in [0.25, 0.3) is 11.1 Å². The van der Waals surface area contributed by atoms with Gasteiger partial charge in [-0.05, 0) is 55.7 Å². The summed E-state index contributed by atoms with van der Waals surface area (Å²) in [6.45, 7) is 5.74. The fourth-order valence-corrected chi connectivity index (χ4v) is 3.50. The first kappa shape index (κ1) is 15.4.